The molecule has 2 rings (SSSR count). The van der Waals surface area contributed by atoms with E-state index >= 15 is 0 Å². The van der Waals surface area contributed by atoms with Crippen molar-refractivity contribution in [1.82, 2.24) is 20.6 Å². The van der Waals surface area contributed by atoms with Crippen LogP contribution in [0.3, 0.4) is 0 Å². The molecule has 0 fully saturated rings. The topological polar surface area (TPSA) is 268 Å². The monoisotopic (exact) mass is 668 g/mol. The lowest BCUT2D eigenvalue weighted by atomic mass is 10.0. The molecule has 2 aromatic rings. The van der Waals surface area contributed by atoms with Gasteiger partial charge in [0, 0.05) is 13.1 Å². The van der Waals surface area contributed by atoms with Gasteiger partial charge < -0.3 is 47.5 Å². The number of hydrogen-bond acceptors (Lipinski definition) is 13. The standard InChI is InChI=1S/C30H49ClN8O7/c1-2-3-4-5-6-14-22(36-16-19(41)24(43)25(44)20(42)17-40)46-21-13-8-7-11-18(21)12-9-10-15-35-30(34)39-29(45)23-27(32)38-28(33)26(31)37-23/h7-8,11,13,19-20,22,24-25,36,40-44H,2-6,9-10,12,14-17H2,1H3,(H4,32,33,38)(H3,34,35,39,45)/t19-,20+,22?,24+,25+/m0/s1. The second-order valence-corrected chi connectivity index (χ2v) is 11.3. The lowest BCUT2D eigenvalue weighted by molar-refractivity contribution is -0.115. The third kappa shape index (κ3) is 13.2. The fourth-order valence-corrected chi connectivity index (χ4v) is 4.63. The van der Waals surface area contributed by atoms with E-state index in [4.69, 9.17) is 38.6 Å². The molecule has 0 bridgehead atoms. The molecule has 258 valence electrons. The summed E-state index contributed by atoms with van der Waals surface area (Å²) in [6.07, 6.45) is 1.11. The average Bonchev–Trinajstić information content (AvgIpc) is 3.04. The molecule has 15 nitrogen and oxygen atoms in total. The highest BCUT2D eigenvalue weighted by Crippen LogP contribution is 2.23. The zero-order valence-electron chi connectivity index (χ0n) is 26.2. The van der Waals surface area contributed by atoms with E-state index in [2.05, 4.69) is 32.5 Å². The van der Waals surface area contributed by atoms with Crippen LogP contribution in [0.2, 0.25) is 5.15 Å². The van der Waals surface area contributed by atoms with Gasteiger partial charge in [0.15, 0.2) is 28.4 Å². The van der Waals surface area contributed by atoms with Gasteiger partial charge in [-0.3, -0.25) is 20.4 Å². The summed E-state index contributed by atoms with van der Waals surface area (Å²) in [6, 6.07) is 7.59. The summed E-state index contributed by atoms with van der Waals surface area (Å²) in [5.41, 5.74) is 17.8. The Kier molecular flexibility index (Phi) is 17.5. The molecule has 0 aliphatic rings. The molecule has 1 unspecified atom stereocenters. The third-order valence-electron chi connectivity index (χ3n) is 7.19. The highest BCUT2D eigenvalue weighted by atomic mass is 35.5. The minimum Gasteiger partial charge on any atom is -0.475 e. The summed E-state index contributed by atoms with van der Waals surface area (Å²) >= 11 is 5.83. The molecule has 0 spiro atoms. The number of aliphatic hydroxyl groups excluding tert-OH is 5. The van der Waals surface area contributed by atoms with Crippen molar-refractivity contribution in [1.29, 1.82) is 0 Å². The molecule has 0 saturated carbocycles. The van der Waals surface area contributed by atoms with Gasteiger partial charge in [-0.15, -0.1) is 0 Å². The summed E-state index contributed by atoms with van der Waals surface area (Å²) < 4.78 is 6.33. The number of carbonyl (C=O) groups is 1. The van der Waals surface area contributed by atoms with Crippen LogP contribution in [0, 0.1) is 0 Å². The Balaban J connectivity index is 1.94. The van der Waals surface area contributed by atoms with E-state index in [9.17, 15) is 25.2 Å². The van der Waals surface area contributed by atoms with E-state index in [1.807, 2.05) is 24.3 Å². The number of carbonyl (C=O) groups excluding carboxylic acids is 1. The molecule has 0 aliphatic carbocycles. The summed E-state index contributed by atoms with van der Waals surface area (Å²) in [7, 11) is 0. The fourth-order valence-electron chi connectivity index (χ4n) is 4.50. The maximum atomic E-state index is 12.4. The molecule has 0 radical (unpaired) electrons. The summed E-state index contributed by atoms with van der Waals surface area (Å²) in [4.78, 5) is 24.2. The minimum atomic E-state index is -1.71. The average molecular weight is 669 g/mol. The molecule has 1 heterocycles. The Morgan fingerprint density at radius 1 is 0.978 bits per heavy atom. The van der Waals surface area contributed by atoms with Crippen LogP contribution >= 0.6 is 11.6 Å². The molecule has 0 aliphatic heterocycles. The Labute approximate surface area is 274 Å². The van der Waals surface area contributed by atoms with E-state index in [1.165, 1.54) is 0 Å². The van der Waals surface area contributed by atoms with E-state index in [0.717, 1.165) is 44.1 Å². The zero-order chi connectivity index (χ0) is 34.1. The number of unbranched alkanes of at least 4 members (excludes halogenated alkanes) is 5. The molecule has 46 heavy (non-hydrogen) atoms. The number of nitrogens with zero attached hydrogens (tertiary/aromatic N) is 3. The predicted molar refractivity (Wildman–Crippen MR) is 176 cm³/mol. The largest absolute Gasteiger partial charge is 0.475 e. The summed E-state index contributed by atoms with van der Waals surface area (Å²) in [5, 5.41) is 54.6. The second kappa shape index (κ2) is 20.7. The van der Waals surface area contributed by atoms with Crippen LogP contribution < -0.4 is 32.6 Å². The van der Waals surface area contributed by atoms with Crippen molar-refractivity contribution in [2.75, 3.05) is 31.2 Å². The van der Waals surface area contributed by atoms with Crippen molar-refractivity contribution in [3.63, 3.8) is 0 Å². The van der Waals surface area contributed by atoms with Gasteiger partial charge in [-0.05, 0) is 43.7 Å². The number of nitrogen functional groups attached to an aromatic ring is 2. The van der Waals surface area contributed by atoms with Crippen molar-refractivity contribution in [3.05, 3.63) is 40.7 Å². The number of nitrogens with two attached hydrogens (primary N) is 3. The van der Waals surface area contributed by atoms with E-state index in [0.29, 0.717) is 31.6 Å². The van der Waals surface area contributed by atoms with Crippen LogP contribution in [0.15, 0.2) is 29.3 Å². The van der Waals surface area contributed by atoms with Gasteiger partial charge in [-0.2, -0.15) is 0 Å². The summed E-state index contributed by atoms with van der Waals surface area (Å²) in [5.74, 6) is -0.442. The summed E-state index contributed by atoms with van der Waals surface area (Å²) in [6.45, 7) is 1.63. The number of aromatic nitrogens is 2. The van der Waals surface area contributed by atoms with E-state index in [-0.39, 0.29) is 35.0 Å². The number of aliphatic imine (C=N–C) groups is 1. The first-order valence-corrected chi connectivity index (χ1v) is 15.9. The number of amides is 1. The van der Waals surface area contributed by atoms with Crippen LogP contribution in [0.25, 0.3) is 0 Å². The molecular formula is C30H49ClN8O7. The second-order valence-electron chi connectivity index (χ2n) is 10.9. The van der Waals surface area contributed by atoms with Crippen LogP contribution in [0.4, 0.5) is 11.6 Å². The normalized spacial score (nSPS) is 15.2. The Morgan fingerprint density at radius 2 is 1.67 bits per heavy atom. The number of aliphatic hydroxyl groups is 5. The number of aryl methyl sites for hydroxylation is 1. The maximum absolute atomic E-state index is 12.4. The highest BCUT2D eigenvalue weighted by Gasteiger charge is 2.30. The maximum Gasteiger partial charge on any atom is 0.280 e. The number of rotatable bonds is 21. The quantitative estimate of drug-likeness (QED) is 0.0375. The number of halogens is 1. The van der Waals surface area contributed by atoms with Crippen LogP contribution in [-0.2, 0) is 6.42 Å². The molecular weight excluding hydrogens is 620 g/mol. The molecule has 1 aromatic heterocycles. The van der Waals surface area contributed by atoms with Crippen molar-refractivity contribution in [2.45, 2.75) is 95.4 Å². The SMILES string of the molecule is CCCCCCCC(NC[C@H](O)[C@@H](O)[C@H](O)[C@H](O)CO)Oc1ccccc1CCCCN=C(N)NC(=O)c1nc(Cl)c(N)nc1N. The third-order valence-corrected chi connectivity index (χ3v) is 7.47. The van der Waals surface area contributed by atoms with Crippen molar-refractivity contribution < 1.29 is 35.1 Å². The number of guanidine groups is 1. The first-order chi connectivity index (χ1) is 22.0. The van der Waals surface area contributed by atoms with Crippen LogP contribution in [0.1, 0.15) is 74.3 Å². The number of hydrogen-bond donors (Lipinski definition) is 10. The Morgan fingerprint density at radius 3 is 2.39 bits per heavy atom. The van der Waals surface area contributed by atoms with Gasteiger partial charge >= 0.3 is 0 Å². The zero-order valence-corrected chi connectivity index (χ0v) is 26.9. The smallest absolute Gasteiger partial charge is 0.280 e. The number of ether oxygens (including phenoxy) is 1. The molecule has 1 aromatic carbocycles. The van der Waals surface area contributed by atoms with Gasteiger partial charge in [0.05, 0.1) is 12.7 Å². The Bertz CT molecular complexity index is 1240. The first-order valence-electron chi connectivity index (χ1n) is 15.5. The van der Waals surface area contributed by atoms with Crippen molar-refractivity contribution in [2.24, 2.45) is 10.7 Å². The van der Waals surface area contributed by atoms with E-state index in [1.54, 1.807) is 0 Å². The lowest BCUT2D eigenvalue weighted by Gasteiger charge is -2.28. The first kappa shape index (κ1) is 38.9. The minimum absolute atomic E-state index is 0.0928. The van der Waals surface area contributed by atoms with Crippen molar-refractivity contribution >= 4 is 35.1 Å². The molecule has 13 N–H and O–H groups in total. The lowest BCUT2D eigenvalue weighted by Crippen LogP contribution is -2.50. The molecule has 1 amide bonds. The van der Waals surface area contributed by atoms with Gasteiger partial charge in [0.1, 0.15) is 30.3 Å². The number of nitrogens with one attached hydrogen (secondary N) is 2. The molecule has 0 saturated heterocycles. The van der Waals surface area contributed by atoms with Gasteiger partial charge in [0.25, 0.3) is 5.91 Å². The molecule has 16 heteroatoms. The number of benzene rings is 1. The van der Waals surface area contributed by atoms with Gasteiger partial charge in [-0.25, -0.2) is 9.97 Å². The van der Waals surface area contributed by atoms with E-state index < -0.39 is 43.2 Å². The fraction of sp³-hybridized carbons (Fsp3) is 0.600. The van der Waals surface area contributed by atoms with Gasteiger partial charge in [0.2, 0.25) is 0 Å². The number of anilines is 2. The van der Waals surface area contributed by atoms with Crippen LogP contribution in [0.5, 0.6) is 5.75 Å². The highest BCUT2D eigenvalue weighted by molar-refractivity contribution is 6.31. The van der Waals surface area contributed by atoms with Gasteiger partial charge in [-0.1, -0.05) is 62.4 Å². The van der Waals surface area contributed by atoms with Crippen LogP contribution in [-0.4, -0.2) is 97.7 Å². The Hall–Kier alpha value is -3.31. The number of para-hydroxylation sites is 1. The molecule has 5 atom stereocenters. The predicted octanol–water partition coefficient (Wildman–Crippen LogP) is 0.453. The van der Waals surface area contributed by atoms with Crippen molar-refractivity contribution in [3.8, 4) is 5.75 Å².